The van der Waals surface area contributed by atoms with E-state index in [9.17, 15) is 0 Å². The number of hydrogen-bond donors (Lipinski definition) is 1. The number of rotatable bonds is 4. The van der Waals surface area contributed by atoms with E-state index < -0.39 is 0 Å². The summed E-state index contributed by atoms with van der Waals surface area (Å²) in [6.07, 6.45) is 8.10. The van der Waals surface area contributed by atoms with Crippen LogP contribution in [0.15, 0.2) is 24.7 Å². The van der Waals surface area contributed by atoms with E-state index >= 15 is 0 Å². The summed E-state index contributed by atoms with van der Waals surface area (Å²) in [5.74, 6) is 0.676. The molecule has 0 radical (unpaired) electrons. The van der Waals surface area contributed by atoms with Crippen molar-refractivity contribution in [2.45, 2.75) is 25.4 Å². The molecule has 1 N–H and O–H groups in total. The van der Waals surface area contributed by atoms with Gasteiger partial charge in [-0.2, -0.15) is 5.10 Å². The van der Waals surface area contributed by atoms with Crippen LogP contribution in [-0.2, 0) is 6.54 Å². The van der Waals surface area contributed by atoms with Crippen molar-refractivity contribution in [3.05, 3.63) is 38.8 Å². The Labute approximate surface area is 124 Å². The van der Waals surface area contributed by atoms with E-state index in [1.165, 1.54) is 12.8 Å². The minimum absolute atomic E-state index is 0.629. The van der Waals surface area contributed by atoms with Crippen molar-refractivity contribution < 1.29 is 0 Å². The molecule has 0 spiro atoms. The zero-order valence-corrected chi connectivity index (χ0v) is 12.5. The van der Waals surface area contributed by atoms with Gasteiger partial charge in [-0.25, -0.2) is 9.67 Å². The predicted molar refractivity (Wildman–Crippen MR) is 78.9 cm³/mol. The molecule has 3 rings (SSSR count). The molecule has 0 atom stereocenters. The SMILES string of the molecule is Clc1cc(CNC2CC2)cnc1-n1cc(I)cn1. The Balaban J connectivity index is 1.79. The molecule has 1 fully saturated rings. The molecule has 0 aliphatic heterocycles. The van der Waals surface area contributed by atoms with Gasteiger partial charge in [-0.15, -0.1) is 0 Å². The van der Waals surface area contributed by atoms with Gasteiger partial charge in [0.2, 0.25) is 0 Å². The lowest BCUT2D eigenvalue weighted by atomic mass is 10.3. The number of hydrogen-bond acceptors (Lipinski definition) is 3. The molecule has 18 heavy (non-hydrogen) atoms. The maximum absolute atomic E-state index is 6.25. The Kier molecular flexibility index (Phi) is 3.54. The summed E-state index contributed by atoms with van der Waals surface area (Å²) in [5.41, 5.74) is 1.11. The van der Waals surface area contributed by atoms with Crippen LogP contribution in [0, 0.1) is 3.57 Å². The highest BCUT2D eigenvalue weighted by molar-refractivity contribution is 14.1. The quantitative estimate of drug-likeness (QED) is 0.837. The van der Waals surface area contributed by atoms with Gasteiger partial charge in [0.25, 0.3) is 0 Å². The molecule has 1 aliphatic carbocycles. The molecule has 2 heterocycles. The highest BCUT2D eigenvalue weighted by atomic mass is 127. The van der Waals surface area contributed by atoms with Crippen molar-refractivity contribution in [1.29, 1.82) is 0 Å². The highest BCUT2D eigenvalue weighted by Crippen LogP contribution is 2.22. The summed E-state index contributed by atoms with van der Waals surface area (Å²) in [6, 6.07) is 2.64. The topological polar surface area (TPSA) is 42.7 Å². The average Bonchev–Trinajstić information content (AvgIpc) is 3.09. The number of nitrogens with one attached hydrogen (secondary N) is 1. The van der Waals surface area contributed by atoms with Crippen molar-refractivity contribution in [1.82, 2.24) is 20.1 Å². The summed E-state index contributed by atoms with van der Waals surface area (Å²) in [4.78, 5) is 4.39. The van der Waals surface area contributed by atoms with Gasteiger partial charge in [0.1, 0.15) is 0 Å². The first-order chi connectivity index (χ1) is 8.72. The molecular weight excluding hydrogens is 363 g/mol. The molecule has 0 aromatic carbocycles. The molecule has 1 saturated carbocycles. The van der Waals surface area contributed by atoms with E-state index in [4.69, 9.17) is 11.6 Å². The zero-order chi connectivity index (χ0) is 12.5. The van der Waals surface area contributed by atoms with Crippen LogP contribution in [0.4, 0.5) is 0 Å². The molecule has 0 saturated heterocycles. The number of halogens is 2. The van der Waals surface area contributed by atoms with Crippen molar-refractivity contribution in [3.63, 3.8) is 0 Å². The molecule has 2 aromatic heterocycles. The first-order valence-electron chi connectivity index (χ1n) is 5.81. The zero-order valence-electron chi connectivity index (χ0n) is 9.61. The van der Waals surface area contributed by atoms with Crippen LogP contribution >= 0.6 is 34.2 Å². The molecule has 0 bridgehead atoms. The Morgan fingerprint density at radius 2 is 2.28 bits per heavy atom. The highest BCUT2D eigenvalue weighted by Gasteiger charge is 2.20. The predicted octanol–water partition coefficient (Wildman–Crippen LogP) is 2.78. The molecule has 1 aliphatic rings. The molecular formula is C12H12ClIN4. The summed E-state index contributed by atoms with van der Waals surface area (Å²) < 4.78 is 2.76. The van der Waals surface area contributed by atoms with Crippen LogP contribution in [-0.4, -0.2) is 20.8 Å². The lowest BCUT2D eigenvalue weighted by molar-refractivity contribution is 0.685. The molecule has 6 heteroatoms. The van der Waals surface area contributed by atoms with Gasteiger partial charge in [-0.1, -0.05) is 11.6 Å². The number of nitrogens with zero attached hydrogens (tertiary/aromatic N) is 3. The molecule has 4 nitrogen and oxygen atoms in total. The average molecular weight is 375 g/mol. The maximum Gasteiger partial charge on any atom is 0.172 e. The van der Waals surface area contributed by atoms with Crippen LogP contribution in [0.3, 0.4) is 0 Å². The molecule has 0 amide bonds. The smallest absolute Gasteiger partial charge is 0.172 e. The summed E-state index contributed by atoms with van der Waals surface area (Å²) in [5, 5.41) is 8.28. The fourth-order valence-electron chi connectivity index (χ4n) is 1.70. The minimum atomic E-state index is 0.629. The van der Waals surface area contributed by atoms with Crippen LogP contribution in [0.5, 0.6) is 0 Å². The van der Waals surface area contributed by atoms with Crippen LogP contribution in [0.25, 0.3) is 5.82 Å². The van der Waals surface area contributed by atoms with Gasteiger partial charge >= 0.3 is 0 Å². The maximum atomic E-state index is 6.25. The van der Waals surface area contributed by atoms with Crippen LogP contribution in [0.1, 0.15) is 18.4 Å². The van der Waals surface area contributed by atoms with Crippen molar-refractivity contribution in [2.24, 2.45) is 0 Å². The van der Waals surface area contributed by atoms with Crippen molar-refractivity contribution in [2.75, 3.05) is 0 Å². The Morgan fingerprint density at radius 3 is 2.89 bits per heavy atom. The normalized spacial score (nSPS) is 15.0. The molecule has 0 unspecified atom stereocenters. The second-order valence-electron chi connectivity index (χ2n) is 4.41. The largest absolute Gasteiger partial charge is 0.310 e. The van der Waals surface area contributed by atoms with E-state index in [1.54, 1.807) is 10.9 Å². The Bertz CT molecular complexity index is 565. The van der Waals surface area contributed by atoms with Gasteiger partial charge < -0.3 is 5.32 Å². The van der Waals surface area contributed by atoms with E-state index in [0.717, 1.165) is 15.7 Å². The van der Waals surface area contributed by atoms with E-state index in [-0.39, 0.29) is 0 Å². The van der Waals surface area contributed by atoms with Crippen LogP contribution < -0.4 is 5.32 Å². The summed E-state index contributed by atoms with van der Waals surface area (Å²) >= 11 is 8.46. The third-order valence-corrected chi connectivity index (χ3v) is 3.65. The standard InChI is InChI=1S/C12H12ClIN4/c13-11-3-8(4-15-10-1-2-10)5-16-12(11)18-7-9(14)6-17-18/h3,5-7,10,15H,1-2,4H2. The third-order valence-electron chi connectivity index (χ3n) is 2.82. The van der Waals surface area contributed by atoms with Crippen LogP contribution in [0.2, 0.25) is 5.02 Å². The minimum Gasteiger partial charge on any atom is -0.310 e. The fourth-order valence-corrected chi connectivity index (χ4v) is 2.37. The van der Waals surface area contributed by atoms with E-state index in [2.05, 4.69) is 38.0 Å². The summed E-state index contributed by atoms with van der Waals surface area (Å²) in [6.45, 7) is 0.828. The third kappa shape index (κ3) is 2.84. The van der Waals surface area contributed by atoms with Gasteiger partial charge in [-0.05, 0) is 47.1 Å². The first-order valence-corrected chi connectivity index (χ1v) is 7.26. The fraction of sp³-hybridized carbons (Fsp3) is 0.333. The molecule has 2 aromatic rings. The lowest BCUT2D eigenvalue weighted by Crippen LogP contribution is -2.15. The van der Waals surface area contributed by atoms with E-state index in [0.29, 0.717) is 16.9 Å². The van der Waals surface area contributed by atoms with Crippen molar-refractivity contribution in [3.8, 4) is 5.82 Å². The Hall–Kier alpha value is -0.660. The van der Waals surface area contributed by atoms with E-state index in [1.807, 2.05) is 18.5 Å². The van der Waals surface area contributed by atoms with Gasteiger partial charge in [0.05, 0.1) is 14.8 Å². The number of aromatic nitrogens is 3. The van der Waals surface area contributed by atoms with Gasteiger partial charge in [0.15, 0.2) is 5.82 Å². The second-order valence-corrected chi connectivity index (χ2v) is 6.06. The molecule has 94 valence electrons. The van der Waals surface area contributed by atoms with Gasteiger partial charge in [-0.3, -0.25) is 0 Å². The van der Waals surface area contributed by atoms with Gasteiger partial charge in [0, 0.05) is 25.0 Å². The van der Waals surface area contributed by atoms with Crippen molar-refractivity contribution >= 4 is 34.2 Å². The Morgan fingerprint density at radius 1 is 1.44 bits per heavy atom. The lowest BCUT2D eigenvalue weighted by Gasteiger charge is -2.07. The number of pyridine rings is 1. The first kappa shape index (κ1) is 12.4. The second kappa shape index (κ2) is 5.14. The monoisotopic (exact) mass is 374 g/mol. The summed E-state index contributed by atoms with van der Waals surface area (Å²) in [7, 11) is 0.